The van der Waals surface area contributed by atoms with E-state index in [-0.39, 0.29) is 24.0 Å². The number of cyclic esters (lactones) is 1. The third-order valence-electron chi connectivity index (χ3n) is 6.55. The lowest BCUT2D eigenvalue weighted by Gasteiger charge is -2.27. The highest BCUT2D eigenvalue weighted by Crippen LogP contribution is 2.34. The van der Waals surface area contributed by atoms with Crippen LogP contribution in [0.25, 0.3) is 5.65 Å². The van der Waals surface area contributed by atoms with E-state index in [4.69, 9.17) is 4.74 Å². The molecule has 7 nitrogen and oxygen atoms in total. The highest BCUT2D eigenvalue weighted by Gasteiger charge is 2.35. The molecule has 0 spiro atoms. The van der Waals surface area contributed by atoms with E-state index in [2.05, 4.69) is 10.2 Å². The summed E-state index contributed by atoms with van der Waals surface area (Å²) >= 11 is 0. The van der Waals surface area contributed by atoms with Gasteiger partial charge in [-0.2, -0.15) is 0 Å². The predicted octanol–water partition coefficient (Wildman–Crippen LogP) is 4.16. The zero-order valence-electron chi connectivity index (χ0n) is 17.9. The number of amides is 1. The summed E-state index contributed by atoms with van der Waals surface area (Å²) in [5.74, 6) is 0.378. The molecule has 33 heavy (non-hydrogen) atoms. The summed E-state index contributed by atoms with van der Waals surface area (Å²) in [5.41, 5.74) is 3.67. The molecular formula is C26H22N4O3. The number of fused-ring (bicyclic) bond motifs is 2. The summed E-state index contributed by atoms with van der Waals surface area (Å²) < 4.78 is 7.60. The van der Waals surface area contributed by atoms with Crippen LogP contribution < -0.4 is 0 Å². The Kier molecular flexibility index (Phi) is 4.68. The van der Waals surface area contributed by atoms with Crippen molar-refractivity contribution in [1.82, 2.24) is 19.5 Å². The summed E-state index contributed by atoms with van der Waals surface area (Å²) in [6.07, 6.45) is 3.88. The lowest BCUT2D eigenvalue weighted by molar-refractivity contribution is 0.0252. The maximum Gasteiger partial charge on any atom is 0.339 e. The second-order valence-electron chi connectivity index (χ2n) is 8.52. The Hall–Kier alpha value is -4.00. The molecule has 2 aliphatic heterocycles. The zero-order chi connectivity index (χ0) is 22.4. The number of hydrogen-bond acceptors (Lipinski definition) is 5. The van der Waals surface area contributed by atoms with E-state index in [0.29, 0.717) is 24.1 Å². The highest BCUT2D eigenvalue weighted by atomic mass is 16.5. The van der Waals surface area contributed by atoms with Gasteiger partial charge in [0.1, 0.15) is 6.10 Å². The first-order chi connectivity index (χ1) is 16.2. The quantitative estimate of drug-likeness (QED) is 0.449. The molecule has 1 fully saturated rings. The van der Waals surface area contributed by atoms with Gasteiger partial charge in [-0.05, 0) is 54.3 Å². The van der Waals surface area contributed by atoms with Crippen molar-refractivity contribution in [3.8, 4) is 0 Å². The molecule has 1 saturated heterocycles. The minimum Gasteiger partial charge on any atom is -0.454 e. The molecular weight excluding hydrogens is 416 g/mol. The van der Waals surface area contributed by atoms with Gasteiger partial charge in [0.15, 0.2) is 11.5 Å². The molecule has 2 aliphatic rings. The number of benzene rings is 2. The molecule has 4 heterocycles. The van der Waals surface area contributed by atoms with Crippen LogP contribution in [-0.2, 0) is 11.2 Å². The minimum atomic E-state index is -0.349. The van der Waals surface area contributed by atoms with Crippen molar-refractivity contribution in [2.45, 2.75) is 31.4 Å². The maximum atomic E-state index is 13.6. The number of pyridine rings is 1. The topological polar surface area (TPSA) is 76.8 Å². The van der Waals surface area contributed by atoms with E-state index < -0.39 is 0 Å². The molecule has 0 N–H and O–H groups in total. The largest absolute Gasteiger partial charge is 0.454 e. The zero-order valence-corrected chi connectivity index (χ0v) is 17.9. The van der Waals surface area contributed by atoms with Gasteiger partial charge in [-0.15, -0.1) is 10.2 Å². The fourth-order valence-electron chi connectivity index (χ4n) is 4.91. The number of carbonyl (C=O) groups excluding carboxylic acids is 2. The van der Waals surface area contributed by atoms with Crippen molar-refractivity contribution in [2.75, 3.05) is 6.54 Å². The molecule has 2 aromatic heterocycles. The number of carbonyl (C=O) groups is 2. The molecule has 0 aliphatic carbocycles. The fraction of sp³-hybridized carbons (Fsp3) is 0.231. The van der Waals surface area contributed by atoms with Crippen molar-refractivity contribution in [3.05, 3.63) is 101 Å². The number of esters is 1. The molecule has 6 rings (SSSR count). The van der Waals surface area contributed by atoms with Gasteiger partial charge >= 0.3 is 5.97 Å². The van der Waals surface area contributed by atoms with Gasteiger partial charge in [-0.1, -0.05) is 36.4 Å². The summed E-state index contributed by atoms with van der Waals surface area (Å²) in [6, 6.07) is 20.6. The Morgan fingerprint density at radius 2 is 1.85 bits per heavy atom. The number of ether oxygens (including phenoxy) is 1. The molecule has 0 unspecified atom stereocenters. The minimum absolute atomic E-state index is 0.0526. The summed E-state index contributed by atoms with van der Waals surface area (Å²) in [7, 11) is 0. The molecule has 4 aromatic rings. The monoisotopic (exact) mass is 438 g/mol. The fourth-order valence-corrected chi connectivity index (χ4v) is 4.91. The van der Waals surface area contributed by atoms with Gasteiger partial charge in [0.25, 0.3) is 5.91 Å². The lowest BCUT2D eigenvalue weighted by Crippen LogP contribution is -2.32. The second kappa shape index (κ2) is 7.85. The van der Waals surface area contributed by atoms with E-state index in [9.17, 15) is 9.59 Å². The normalized spacial score (nSPS) is 20.0. The number of aromatic nitrogens is 3. The number of rotatable bonds is 3. The Morgan fingerprint density at radius 1 is 1.00 bits per heavy atom. The van der Waals surface area contributed by atoms with E-state index in [1.165, 1.54) is 0 Å². The third kappa shape index (κ3) is 3.36. The van der Waals surface area contributed by atoms with Gasteiger partial charge in [0, 0.05) is 24.7 Å². The number of likely N-dealkylation sites (tertiary alicyclic amines) is 1. The first-order valence-electron chi connectivity index (χ1n) is 11.2. The van der Waals surface area contributed by atoms with Crippen LogP contribution in [0.3, 0.4) is 0 Å². The van der Waals surface area contributed by atoms with E-state index in [1.54, 1.807) is 12.1 Å². The maximum absolute atomic E-state index is 13.6. The molecule has 7 heteroatoms. The lowest BCUT2D eigenvalue weighted by atomic mass is 9.93. The molecule has 2 aromatic carbocycles. The van der Waals surface area contributed by atoms with Crippen LogP contribution in [0.1, 0.15) is 62.7 Å². The average Bonchev–Trinajstić information content (AvgIpc) is 3.50. The van der Waals surface area contributed by atoms with Crippen LogP contribution in [0, 0.1) is 0 Å². The van der Waals surface area contributed by atoms with Gasteiger partial charge in [-0.25, -0.2) is 4.79 Å². The van der Waals surface area contributed by atoms with Crippen LogP contribution in [-0.4, -0.2) is 37.9 Å². The SMILES string of the molecule is O=C1O[C@@H](c2ccccc2)Cc2cc(C(=O)N3CCC[C@H]3c3nnc4ccccn34)ccc21. The second-order valence-corrected chi connectivity index (χ2v) is 8.52. The van der Waals surface area contributed by atoms with Crippen molar-refractivity contribution in [1.29, 1.82) is 0 Å². The van der Waals surface area contributed by atoms with Crippen molar-refractivity contribution in [2.24, 2.45) is 0 Å². The molecule has 0 saturated carbocycles. The predicted molar refractivity (Wildman–Crippen MR) is 121 cm³/mol. The summed E-state index contributed by atoms with van der Waals surface area (Å²) in [6.45, 7) is 0.664. The van der Waals surface area contributed by atoms with Crippen LogP contribution >= 0.6 is 0 Å². The highest BCUT2D eigenvalue weighted by molar-refractivity contribution is 5.98. The molecule has 164 valence electrons. The number of hydrogen-bond donors (Lipinski definition) is 0. The smallest absolute Gasteiger partial charge is 0.339 e. The van der Waals surface area contributed by atoms with Crippen LogP contribution in [0.5, 0.6) is 0 Å². The Balaban J connectivity index is 1.30. The molecule has 1 amide bonds. The van der Waals surface area contributed by atoms with Gasteiger partial charge in [0.2, 0.25) is 0 Å². The Bertz CT molecular complexity index is 1360. The van der Waals surface area contributed by atoms with Crippen molar-refractivity contribution >= 4 is 17.5 Å². The summed E-state index contributed by atoms with van der Waals surface area (Å²) in [5, 5.41) is 8.64. The van der Waals surface area contributed by atoms with E-state index >= 15 is 0 Å². The third-order valence-corrected chi connectivity index (χ3v) is 6.55. The van der Waals surface area contributed by atoms with Gasteiger partial charge in [-0.3, -0.25) is 9.20 Å². The Morgan fingerprint density at radius 3 is 2.73 bits per heavy atom. The van der Waals surface area contributed by atoms with Gasteiger partial charge < -0.3 is 9.64 Å². The molecule has 2 atom stereocenters. The Labute approximate surface area is 190 Å². The van der Waals surface area contributed by atoms with E-state index in [1.807, 2.05) is 70.1 Å². The van der Waals surface area contributed by atoms with Gasteiger partial charge in [0.05, 0.1) is 11.6 Å². The van der Waals surface area contributed by atoms with Crippen molar-refractivity contribution in [3.63, 3.8) is 0 Å². The molecule has 0 bridgehead atoms. The van der Waals surface area contributed by atoms with Crippen LogP contribution in [0.2, 0.25) is 0 Å². The van der Waals surface area contributed by atoms with Crippen molar-refractivity contribution < 1.29 is 14.3 Å². The van der Waals surface area contributed by atoms with Crippen LogP contribution in [0.15, 0.2) is 72.9 Å². The number of nitrogens with zero attached hydrogens (tertiary/aromatic N) is 4. The summed E-state index contributed by atoms with van der Waals surface area (Å²) in [4.78, 5) is 28.0. The first kappa shape index (κ1) is 19.7. The van der Waals surface area contributed by atoms with Crippen LogP contribution in [0.4, 0.5) is 0 Å². The average molecular weight is 438 g/mol. The first-order valence-corrected chi connectivity index (χ1v) is 11.2. The van der Waals surface area contributed by atoms with E-state index in [0.717, 1.165) is 35.4 Å². The standard InChI is InChI=1S/C26H22N4O3/c31-25(29-14-6-9-21(29)24-28-27-23-10-4-5-13-30(23)24)18-11-12-20-19(15-18)16-22(33-26(20)32)17-7-2-1-3-8-17/h1-5,7-8,10-13,15,21-22H,6,9,14,16H2/t21-,22+/m0/s1. The molecule has 0 radical (unpaired) electrons.